The fraction of sp³-hybridized carbons (Fsp3) is 0.222. The predicted molar refractivity (Wildman–Crippen MR) is 127 cm³/mol. The van der Waals surface area contributed by atoms with E-state index < -0.39 is 17.7 Å². The fourth-order valence-electron chi connectivity index (χ4n) is 4.56. The van der Waals surface area contributed by atoms with Gasteiger partial charge in [-0.2, -0.15) is 0 Å². The Hall–Kier alpha value is -3.93. The number of aliphatic hydroxyl groups excluding tert-OH is 1. The predicted octanol–water partition coefficient (Wildman–Crippen LogP) is 4.95. The van der Waals surface area contributed by atoms with Gasteiger partial charge in [-0.1, -0.05) is 29.8 Å². The Bertz CT molecular complexity index is 1290. The molecule has 0 spiro atoms. The Morgan fingerprint density at radius 3 is 2.36 bits per heavy atom. The number of aromatic nitrogens is 1. The normalized spacial score (nSPS) is 17.5. The minimum atomic E-state index is -0.828. The van der Waals surface area contributed by atoms with Crippen LogP contribution in [0.3, 0.4) is 0 Å². The van der Waals surface area contributed by atoms with E-state index in [4.69, 9.17) is 4.74 Å². The Balaban J connectivity index is 2.02. The van der Waals surface area contributed by atoms with Crippen LogP contribution in [0.1, 0.15) is 39.4 Å². The van der Waals surface area contributed by atoms with Crippen molar-refractivity contribution >= 4 is 23.1 Å². The van der Waals surface area contributed by atoms with Gasteiger partial charge in [0, 0.05) is 18.1 Å². The second kappa shape index (κ2) is 8.54. The molecule has 2 aromatic carbocycles. The Labute approximate surface area is 193 Å². The lowest BCUT2D eigenvalue weighted by molar-refractivity contribution is -0.132. The maximum absolute atomic E-state index is 13.4. The van der Waals surface area contributed by atoms with E-state index in [-0.39, 0.29) is 11.3 Å². The molecule has 33 heavy (non-hydrogen) atoms. The van der Waals surface area contributed by atoms with Crippen molar-refractivity contribution in [3.63, 3.8) is 0 Å². The van der Waals surface area contributed by atoms with Crippen LogP contribution in [0, 0.1) is 27.7 Å². The van der Waals surface area contributed by atoms with Crippen LogP contribution in [-0.2, 0) is 9.59 Å². The molecule has 1 aliphatic rings. The molecule has 6 nitrogen and oxygen atoms in total. The van der Waals surface area contributed by atoms with Crippen molar-refractivity contribution in [2.24, 2.45) is 0 Å². The lowest BCUT2D eigenvalue weighted by atomic mass is 9.94. The van der Waals surface area contributed by atoms with Gasteiger partial charge in [-0.3, -0.25) is 19.5 Å². The first-order valence-corrected chi connectivity index (χ1v) is 10.7. The first-order chi connectivity index (χ1) is 15.7. The number of aliphatic hydroxyl groups is 1. The Kier molecular flexibility index (Phi) is 5.77. The zero-order valence-electron chi connectivity index (χ0n) is 19.3. The number of rotatable bonds is 4. The van der Waals surface area contributed by atoms with Crippen molar-refractivity contribution in [2.75, 3.05) is 12.0 Å². The van der Waals surface area contributed by atoms with Crippen LogP contribution in [0.4, 0.5) is 5.69 Å². The van der Waals surface area contributed by atoms with E-state index in [2.05, 4.69) is 4.98 Å². The molecule has 1 fully saturated rings. The molecule has 1 N–H and O–H groups in total. The summed E-state index contributed by atoms with van der Waals surface area (Å²) in [6.45, 7) is 7.64. The van der Waals surface area contributed by atoms with Gasteiger partial charge in [-0.15, -0.1) is 0 Å². The van der Waals surface area contributed by atoms with Gasteiger partial charge in [0.05, 0.1) is 24.3 Å². The monoisotopic (exact) mass is 442 g/mol. The molecular formula is C27H26N2O4. The zero-order chi connectivity index (χ0) is 23.9. The first-order valence-electron chi connectivity index (χ1n) is 10.7. The molecule has 4 rings (SSSR count). The SMILES string of the molecule is COc1c(C)cc(C)cc1/C(O)=C1\C(=O)C(=O)N(c2ccc(C)cc2C)C1c1cccnc1. The molecule has 0 aliphatic carbocycles. The van der Waals surface area contributed by atoms with Gasteiger partial charge in [0.2, 0.25) is 0 Å². The third-order valence-corrected chi connectivity index (χ3v) is 5.93. The molecular weight excluding hydrogens is 416 g/mol. The third-order valence-electron chi connectivity index (χ3n) is 5.93. The number of ketones is 1. The number of aryl methyl sites for hydroxylation is 4. The van der Waals surface area contributed by atoms with Crippen LogP contribution in [0.15, 0.2) is 60.4 Å². The number of carbonyl (C=O) groups excluding carboxylic acids is 2. The topological polar surface area (TPSA) is 79.7 Å². The summed E-state index contributed by atoms with van der Waals surface area (Å²) in [5, 5.41) is 11.5. The highest BCUT2D eigenvalue weighted by molar-refractivity contribution is 6.51. The highest BCUT2D eigenvalue weighted by atomic mass is 16.5. The van der Waals surface area contributed by atoms with Crippen molar-refractivity contribution in [3.8, 4) is 5.75 Å². The standard InChI is InChI=1S/C27H26N2O4/c1-15-8-9-21(17(3)11-15)29-23(19-7-6-10-28-14-19)22(25(31)27(29)32)24(30)20-13-16(2)12-18(4)26(20)33-5/h6-14,23,30H,1-5H3/b24-22+. The summed E-state index contributed by atoms with van der Waals surface area (Å²) in [4.78, 5) is 32.4. The van der Waals surface area contributed by atoms with Gasteiger partial charge in [0.15, 0.2) is 0 Å². The molecule has 3 aromatic rings. The minimum absolute atomic E-state index is 0.0104. The van der Waals surface area contributed by atoms with Crippen LogP contribution >= 0.6 is 0 Å². The first kappa shape index (κ1) is 22.3. The van der Waals surface area contributed by atoms with Crippen molar-refractivity contribution in [1.82, 2.24) is 4.98 Å². The van der Waals surface area contributed by atoms with Gasteiger partial charge < -0.3 is 9.84 Å². The highest BCUT2D eigenvalue weighted by Crippen LogP contribution is 2.44. The molecule has 1 unspecified atom stereocenters. The number of carbonyl (C=O) groups is 2. The lowest BCUT2D eigenvalue weighted by Crippen LogP contribution is -2.30. The average molecular weight is 443 g/mol. The second-order valence-corrected chi connectivity index (χ2v) is 8.41. The molecule has 2 heterocycles. The molecule has 1 aromatic heterocycles. The van der Waals surface area contributed by atoms with Crippen molar-refractivity contribution in [1.29, 1.82) is 0 Å². The smallest absolute Gasteiger partial charge is 0.300 e. The number of methoxy groups -OCH3 is 1. The van der Waals surface area contributed by atoms with E-state index in [9.17, 15) is 14.7 Å². The number of nitrogens with zero attached hydrogens (tertiary/aromatic N) is 2. The van der Waals surface area contributed by atoms with Crippen LogP contribution in [0.25, 0.3) is 5.76 Å². The number of amides is 1. The molecule has 0 bridgehead atoms. The van der Waals surface area contributed by atoms with Crippen molar-refractivity contribution in [3.05, 3.63) is 93.8 Å². The van der Waals surface area contributed by atoms with Crippen LogP contribution < -0.4 is 9.64 Å². The van der Waals surface area contributed by atoms with E-state index in [1.165, 1.54) is 12.0 Å². The third kappa shape index (κ3) is 3.78. The molecule has 1 aliphatic heterocycles. The van der Waals surface area contributed by atoms with Crippen molar-refractivity contribution in [2.45, 2.75) is 33.7 Å². The Morgan fingerprint density at radius 1 is 1.00 bits per heavy atom. The number of Topliss-reactive ketones (excluding diaryl/α,β-unsaturated/α-hetero) is 1. The number of benzene rings is 2. The number of hydrogen-bond donors (Lipinski definition) is 1. The number of pyridine rings is 1. The summed E-state index contributed by atoms with van der Waals surface area (Å²) < 4.78 is 5.54. The van der Waals surface area contributed by atoms with E-state index in [0.717, 1.165) is 22.3 Å². The second-order valence-electron chi connectivity index (χ2n) is 8.41. The molecule has 1 atom stereocenters. The molecule has 6 heteroatoms. The summed E-state index contributed by atoms with van der Waals surface area (Å²) >= 11 is 0. The van der Waals surface area contributed by atoms with Crippen molar-refractivity contribution < 1.29 is 19.4 Å². The highest BCUT2D eigenvalue weighted by Gasteiger charge is 2.47. The average Bonchev–Trinajstić information content (AvgIpc) is 3.04. The van der Waals surface area contributed by atoms with Gasteiger partial charge in [0.25, 0.3) is 11.7 Å². The Morgan fingerprint density at radius 2 is 1.73 bits per heavy atom. The molecule has 0 radical (unpaired) electrons. The summed E-state index contributed by atoms with van der Waals surface area (Å²) in [6, 6.07) is 12.1. The van der Waals surface area contributed by atoms with Gasteiger partial charge in [0.1, 0.15) is 11.5 Å². The maximum Gasteiger partial charge on any atom is 0.300 e. The largest absolute Gasteiger partial charge is 0.507 e. The van der Waals surface area contributed by atoms with E-state index in [0.29, 0.717) is 22.6 Å². The lowest BCUT2D eigenvalue weighted by Gasteiger charge is -2.27. The van der Waals surface area contributed by atoms with Crippen LogP contribution in [0.5, 0.6) is 5.75 Å². The fourth-order valence-corrected chi connectivity index (χ4v) is 4.56. The number of ether oxygens (including phenoxy) is 1. The van der Waals surface area contributed by atoms with E-state index in [1.807, 2.05) is 52.0 Å². The zero-order valence-corrected chi connectivity index (χ0v) is 19.3. The van der Waals surface area contributed by atoms with Gasteiger partial charge in [-0.25, -0.2) is 0 Å². The van der Waals surface area contributed by atoms with Crippen LogP contribution in [0.2, 0.25) is 0 Å². The summed E-state index contributed by atoms with van der Waals surface area (Å²) in [5.41, 5.74) is 5.25. The number of anilines is 1. The van der Waals surface area contributed by atoms with E-state index in [1.54, 1.807) is 30.6 Å². The molecule has 0 saturated carbocycles. The summed E-state index contributed by atoms with van der Waals surface area (Å²) in [6.07, 6.45) is 3.23. The quantitative estimate of drug-likeness (QED) is 0.351. The van der Waals surface area contributed by atoms with Gasteiger partial charge in [-0.05, 0) is 68.1 Å². The maximum atomic E-state index is 13.4. The minimum Gasteiger partial charge on any atom is -0.507 e. The molecule has 168 valence electrons. The van der Waals surface area contributed by atoms with Crippen LogP contribution in [-0.4, -0.2) is 28.9 Å². The number of hydrogen-bond acceptors (Lipinski definition) is 5. The molecule has 1 saturated heterocycles. The van der Waals surface area contributed by atoms with Gasteiger partial charge >= 0.3 is 0 Å². The van der Waals surface area contributed by atoms with E-state index >= 15 is 0 Å². The summed E-state index contributed by atoms with van der Waals surface area (Å²) in [7, 11) is 1.52. The molecule has 1 amide bonds. The summed E-state index contributed by atoms with van der Waals surface area (Å²) in [5.74, 6) is -1.25.